The van der Waals surface area contributed by atoms with Gasteiger partial charge in [-0.3, -0.25) is 4.90 Å². The van der Waals surface area contributed by atoms with Crippen molar-refractivity contribution in [3.05, 3.63) is 71.8 Å². The third kappa shape index (κ3) is 4.28. The Morgan fingerprint density at radius 3 is 2.34 bits per heavy atom. The fraction of sp³-hybridized carbons (Fsp3) is 0.409. The number of nitrogens with zero attached hydrogens (tertiary/aromatic N) is 1. The molecular formula is C22H25NO6. The molecule has 2 aromatic rings. The number of aliphatic hydroxyl groups is 1. The molecule has 0 spiro atoms. The van der Waals surface area contributed by atoms with Crippen molar-refractivity contribution >= 4 is 6.09 Å². The van der Waals surface area contributed by atoms with Crippen molar-refractivity contribution in [1.82, 2.24) is 4.90 Å². The molecule has 0 radical (unpaired) electrons. The van der Waals surface area contributed by atoms with Gasteiger partial charge in [-0.05, 0) is 11.1 Å². The van der Waals surface area contributed by atoms with Gasteiger partial charge >= 0.3 is 6.09 Å². The van der Waals surface area contributed by atoms with Crippen molar-refractivity contribution in [2.45, 2.75) is 43.8 Å². The maximum atomic E-state index is 12.5. The molecule has 2 aliphatic rings. The van der Waals surface area contributed by atoms with Crippen LogP contribution in [0.4, 0.5) is 4.79 Å². The van der Waals surface area contributed by atoms with Crippen LogP contribution in [-0.2, 0) is 32.1 Å². The topological polar surface area (TPSA) is 77.5 Å². The molecule has 5 atom stereocenters. The highest BCUT2D eigenvalue weighted by Crippen LogP contribution is 2.34. The highest BCUT2D eigenvalue weighted by Gasteiger charge is 2.56. The molecule has 2 fully saturated rings. The van der Waals surface area contributed by atoms with Crippen molar-refractivity contribution in [3.63, 3.8) is 0 Å². The van der Waals surface area contributed by atoms with Gasteiger partial charge in [-0.25, -0.2) is 4.79 Å². The van der Waals surface area contributed by atoms with E-state index in [9.17, 15) is 9.90 Å². The molecule has 7 heteroatoms. The van der Waals surface area contributed by atoms with Crippen molar-refractivity contribution in [3.8, 4) is 0 Å². The minimum absolute atomic E-state index is 0.162. The van der Waals surface area contributed by atoms with Gasteiger partial charge in [-0.2, -0.15) is 0 Å². The predicted octanol–water partition coefficient (Wildman–Crippen LogP) is 2.33. The molecule has 0 unspecified atom stereocenters. The van der Waals surface area contributed by atoms with Crippen molar-refractivity contribution in [2.75, 3.05) is 13.7 Å². The minimum Gasteiger partial charge on any atom is -0.441 e. The molecule has 1 amide bonds. The zero-order valence-electron chi connectivity index (χ0n) is 16.2. The van der Waals surface area contributed by atoms with E-state index in [1.54, 1.807) is 4.90 Å². The van der Waals surface area contributed by atoms with Gasteiger partial charge in [0.2, 0.25) is 0 Å². The van der Waals surface area contributed by atoms with E-state index in [1.165, 1.54) is 7.11 Å². The molecule has 7 nitrogen and oxygen atoms in total. The Kier molecular flexibility index (Phi) is 6.10. The average molecular weight is 399 g/mol. The SMILES string of the molecule is CO[C@H]1O[C@H](COCc2ccccc2)[C@@H](O)[C@@H]2OC(=O)N(Cc3ccccc3)[C@@H]12. The zero-order chi connectivity index (χ0) is 20.2. The summed E-state index contributed by atoms with van der Waals surface area (Å²) in [6.07, 6.45) is -3.61. The first-order valence-corrected chi connectivity index (χ1v) is 9.66. The first kappa shape index (κ1) is 19.8. The predicted molar refractivity (Wildman–Crippen MR) is 104 cm³/mol. The highest BCUT2D eigenvalue weighted by atomic mass is 16.7. The fourth-order valence-corrected chi connectivity index (χ4v) is 3.82. The van der Waals surface area contributed by atoms with Gasteiger partial charge in [0.25, 0.3) is 0 Å². The Labute approximate surface area is 169 Å². The van der Waals surface area contributed by atoms with Gasteiger partial charge < -0.3 is 24.1 Å². The lowest BCUT2D eigenvalue weighted by molar-refractivity contribution is -0.263. The Morgan fingerprint density at radius 2 is 1.69 bits per heavy atom. The lowest BCUT2D eigenvalue weighted by Crippen LogP contribution is -2.60. The summed E-state index contributed by atoms with van der Waals surface area (Å²) in [4.78, 5) is 14.1. The molecule has 0 aliphatic carbocycles. The molecule has 4 rings (SSSR count). The highest BCUT2D eigenvalue weighted by molar-refractivity contribution is 5.71. The fourth-order valence-electron chi connectivity index (χ4n) is 3.82. The third-order valence-corrected chi connectivity index (χ3v) is 5.29. The summed E-state index contributed by atoms with van der Waals surface area (Å²) in [5, 5.41) is 10.8. The van der Waals surface area contributed by atoms with Crippen LogP contribution in [0.2, 0.25) is 0 Å². The van der Waals surface area contributed by atoms with Gasteiger partial charge in [-0.1, -0.05) is 60.7 Å². The molecule has 2 heterocycles. The van der Waals surface area contributed by atoms with Gasteiger partial charge in [-0.15, -0.1) is 0 Å². The Balaban J connectivity index is 1.42. The average Bonchev–Trinajstić information content (AvgIpc) is 3.08. The number of benzene rings is 2. The molecule has 2 aliphatic heterocycles. The van der Waals surface area contributed by atoms with Crippen molar-refractivity contribution < 1.29 is 28.8 Å². The van der Waals surface area contributed by atoms with Gasteiger partial charge in [0.1, 0.15) is 18.2 Å². The van der Waals surface area contributed by atoms with Crippen LogP contribution < -0.4 is 0 Å². The number of carbonyl (C=O) groups excluding carboxylic acids is 1. The van der Waals surface area contributed by atoms with Crippen LogP contribution in [-0.4, -0.2) is 60.5 Å². The molecule has 2 saturated heterocycles. The minimum atomic E-state index is -1.01. The van der Waals surface area contributed by atoms with Crippen molar-refractivity contribution in [2.24, 2.45) is 0 Å². The number of carbonyl (C=O) groups is 1. The summed E-state index contributed by atoms with van der Waals surface area (Å²) in [6, 6.07) is 18.8. The number of hydrogen-bond donors (Lipinski definition) is 1. The van der Waals surface area contributed by atoms with Gasteiger partial charge in [0, 0.05) is 13.7 Å². The third-order valence-electron chi connectivity index (χ3n) is 5.29. The lowest BCUT2D eigenvalue weighted by atomic mass is 9.96. The summed E-state index contributed by atoms with van der Waals surface area (Å²) in [7, 11) is 1.52. The van der Waals surface area contributed by atoms with E-state index in [0.29, 0.717) is 13.2 Å². The van der Waals surface area contributed by atoms with E-state index in [0.717, 1.165) is 11.1 Å². The second-order valence-electron chi connectivity index (χ2n) is 7.22. The van der Waals surface area contributed by atoms with E-state index in [2.05, 4.69) is 0 Å². The second-order valence-corrected chi connectivity index (χ2v) is 7.22. The molecular weight excluding hydrogens is 374 g/mol. The summed E-state index contributed by atoms with van der Waals surface area (Å²) >= 11 is 0. The molecule has 0 bridgehead atoms. The lowest BCUT2D eigenvalue weighted by Gasteiger charge is -2.41. The van der Waals surface area contributed by atoms with Crippen LogP contribution in [0.3, 0.4) is 0 Å². The van der Waals surface area contributed by atoms with E-state index in [4.69, 9.17) is 18.9 Å². The van der Waals surface area contributed by atoms with Crippen LogP contribution in [0.1, 0.15) is 11.1 Å². The standard InChI is InChI=1S/C22H25NO6/c1-26-21-18-20(29-22(25)23(18)12-15-8-4-2-5-9-15)19(24)17(28-21)14-27-13-16-10-6-3-7-11-16/h2-11,17-21,24H,12-14H2,1H3/t17-,18-,19-,20-,21+/m1/s1. The van der Waals surface area contributed by atoms with Gasteiger partial charge in [0.15, 0.2) is 12.4 Å². The maximum absolute atomic E-state index is 12.5. The van der Waals surface area contributed by atoms with E-state index in [-0.39, 0.29) is 6.61 Å². The molecule has 2 aromatic carbocycles. The van der Waals surface area contributed by atoms with Crippen LogP contribution in [0.15, 0.2) is 60.7 Å². The first-order valence-electron chi connectivity index (χ1n) is 9.66. The van der Waals surface area contributed by atoms with Gasteiger partial charge in [0.05, 0.1) is 13.2 Å². The van der Waals surface area contributed by atoms with Crippen molar-refractivity contribution in [1.29, 1.82) is 0 Å². The molecule has 0 aromatic heterocycles. The summed E-state index contributed by atoms with van der Waals surface area (Å²) < 4.78 is 22.7. The largest absolute Gasteiger partial charge is 0.441 e. The Morgan fingerprint density at radius 1 is 1.03 bits per heavy atom. The summed E-state index contributed by atoms with van der Waals surface area (Å²) in [6.45, 7) is 0.917. The monoisotopic (exact) mass is 399 g/mol. The molecule has 154 valence electrons. The number of methoxy groups -OCH3 is 1. The smallest absolute Gasteiger partial charge is 0.411 e. The first-order chi connectivity index (χ1) is 14.2. The Hall–Kier alpha value is -2.45. The number of hydrogen-bond acceptors (Lipinski definition) is 6. The summed E-state index contributed by atoms with van der Waals surface area (Å²) in [5.74, 6) is 0. The number of rotatable bonds is 7. The van der Waals surface area contributed by atoms with Crippen LogP contribution in [0.5, 0.6) is 0 Å². The van der Waals surface area contributed by atoms with Crippen LogP contribution in [0, 0.1) is 0 Å². The molecule has 0 saturated carbocycles. The second kappa shape index (κ2) is 8.92. The van der Waals surface area contributed by atoms with E-state index in [1.807, 2.05) is 60.7 Å². The number of fused-ring (bicyclic) bond motifs is 1. The Bertz CT molecular complexity index is 801. The number of amides is 1. The maximum Gasteiger partial charge on any atom is 0.411 e. The quantitative estimate of drug-likeness (QED) is 0.770. The van der Waals surface area contributed by atoms with E-state index < -0.39 is 36.7 Å². The molecule has 1 N–H and O–H groups in total. The number of aliphatic hydroxyl groups excluding tert-OH is 1. The van der Waals surface area contributed by atoms with E-state index >= 15 is 0 Å². The van der Waals surface area contributed by atoms with Crippen LogP contribution >= 0.6 is 0 Å². The number of ether oxygens (including phenoxy) is 4. The molecule has 29 heavy (non-hydrogen) atoms. The zero-order valence-corrected chi connectivity index (χ0v) is 16.2. The summed E-state index contributed by atoms with van der Waals surface area (Å²) in [5.41, 5.74) is 1.99. The van der Waals surface area contributed by atoms with Crippen LogP contribution in [0.25, 0.3) is 0 Å². The normalized spacial score (nSPS) is 28.8.